The molecule has 0 radical (unpaired) electrons. The normalized spacial score (nSPS) is 16.1. The van der Waals surface area contributed by atoms with Gasteiger partial charge in [-0.15, -0.1) is 11.3 Å². The maximum absolute atomic E-state index is 12.8. The minimum absolute atomic E-state index is 0.0692. The number of benzene rings is 1. The number of fused-ring (bicyclic) bond motifs is 1. The maximum Gasteiger partial charge on any atom is 0.287 e. The van der Waals surface area contributed by atoms with Crippen LogP contribution in [-0.2, 0) is 0 Å². The van der Waals surface area contributed by atoms with Crippen LogP contribution in [0.2, 0.25) is 0 Å². The maximum atomic E-state index is 12.8. The van der Waals surface area contributed by atoms with Crippen molar-refractivity contribution in [2.45, 2.75) is 39.2 Å². The molecule has 6 heteroatoms. The number of likely N-dealkylation sites (tertiary alicyclic amines) is 1. The molecular weight excluding hydrogens is 384 g/mol. The molecular formula is C23H26N2O3S. The zero-order valence-corrected chi connectivity index (χ0v) is 17.7. The lowest BCUT2D eigenvalue weighted by Gasteiger charge is -2.34. The van der Waals surface area contributed by atoms with Gasteiger partial charge in [-0.2, -0.15) is 0 Å². The molecule has 1 aliphatic rings. The summed E-state index contributed by atoms with van der Waals surface area (Å²) in [7, 11) is 0. The molecule has 1 aliphatic heterocycles. The van der Waals surface area contributed by atoms with E-state index in [0.717, 1.165) is 24.2 Å². The van der Waals surface area contributed by atoms with E-state index < -0.39 is 0 Å². The first-order chi connectivity index (χ1) is 14.0. The van der Waals surface area contributed by atoms with E-state index in [2.05, 4.69) is 21.7 Å². The molecule has 0 unspecified atom stereocenters. The van der Waals surface area contributed by atoms with Crippen molar-refractivity contribution in [2.24, 2.45) is 0 Å². The van der Waals surface area contributed by atoms with Crippen molar-refractivity contribution in [3.63, 3.8) is 0 Å². The van der Waals surface area contributed by atoms with E-state index in [1.54, 1.807) is 17.4 Å². The Morgan fingerprint density at radius 3 is 2.72 bits per heavy atom. The molecule has 29 heavy (non-hydrogen) atoms. The molecule has 1 saturated heterocycles. The van der Waals surface area contributed by atoms with Gasteiger partial charge in [-0.3, -0.25) is 14.5 Å². The van der Waals surface area contributed by atoms with Crippen LogP contribution in [0.5, 0.6) is 0 Å². The van der Waals surface area contributed by atoms with Crippen LogP contribution in [0.15, 0.2) is 44.9 Å². The standard InChI is InChI=1S/C23H26N2O3S/c1-15-8-9-17-19(26)13-20(28-22(17)16(15)2)23(27)24-14-18(21-7-6-12-29-21)25-10-4-3-5-11-25/h6-9,12-13,18H,3-5,10-11,14H2,1-2H3,(H,24,27)/t18-/m1/s1. The van der Waals surface area contributed by atoms with Crippen molar-refractivity contribution in [2.75, 3.05) is 19.6 Å². The Balaban J connectivity index is 1.56. The summed E-state index contributed by atoms with van der Waals surface area (Å²) >= 11 is 1.71. The van der Waals surface area contributed by atoms with E-state index >= 15 is 0 Å². The predicted molar refractivity (Wildman–Crippen MR) is 117 cm³/mol. The van der Waals surface area contributed by atoms with Gasteiger partial charge < -0.3 is 9.73 Å². The number of amides is 1. The smallest absolute Gasteiger partial charge is 0.287 e. The molecule has 1 aromatic carbocycles. The molecule has 3 aromatic rings. The van der Waals surface area contributed by atoms with Crippen molar-refractivity contribution in [1.29, 1.82) is 0 Å². The molecule has 1 N–H and O–H groups in total. The minimum Gasteiger partial charge on any atom is -0.450 e. The van der Waals surface area contributed by atoms with Crippen LogP contribution in [0.25, 0.3) is 11.0 Å². The molecule has 152 valence electrons. The number of aryl methyl sites for hydroxylation is 2. The largest absolute Gasteiger partial charge is 0.450 e. The molecule has 1 amide bonds. The monoisotopic (exact) mass is 410 g/mol. The van der Waals surface area contributed by atoms with Crippen molar-refractivity contribution in [3.05, 3.63) is 67.7 Å². The molecule has 2 aromatic heterocycles. The number of nitrogens with one attached hydrogen (secondary N) is 1. The van der Waals surface area contributed by atoms with Gasteiger partial charge in [0.05, 0.1) is 11.4 Å². The summed E-state index contributed by atoms with van der Waals surface area (Å²) in [6.07, 6.45) is 3.64. The number of piperidine rings is 1. The highest BCUT2D eigenvalue weighted by Gasteiger charge is 2.24. The van der Waals surface area contributed by atoms with Gasteiger partial charge in [0, 0.05) is 17.5 Å². The molecule has 0 bridgehead atoms. The number of carbonyl (C=O) groups is 1. The van der Waals surface area contributed by atoms with E-state index in [4.69, 9.17) is 4.42 Å². The number of thiophene rings is 1. The van der Waals surface area contributed by atoms with Crippen molar-refractivity contribution < 1.29 is 9.21 Å². The molecule has 0 aliphatic carbocycles. The fraction of sp³-hybridized carbons (Fsp3) is 0.391. The molecule has 4 rings (SSSR count). The highest BCUT2D eigenvalue weighted by Crippen LogP contribution is 2.27. The Labute approximate surface area is 174 Å². The minimum atomic E-state index is -0.344. The summed E-state index contributed by atoms with van der Waals surface area (Å²) in [6, 6.07) is 9.28. The summed E-state index contributed by atoms with van der Waals surface area (Å²) < 4.78 is 5.86. The van der Waals surface area contributed by atoms with E-state index in [1.807, 2.05) is 26.0 Å². The van der Waals surface area contributed by atoms with Crippen LogP contribution < -0.4 is 10.7 Å². The Kier molecular flexibility index (Phi) is 5.83. The van der Waals surface area contributed by atoms with E-state index in [1.165, 1.54) is 30.2 Å². The second-order valence-corrected chi connectivity index (χ2v) is 8.68. The second-order valence-electron chi connectivity index (χ2n) is 7.70. The average molecular weight is 411 g/mol. The summed E-state index contributed by atoms with van der Waals surface area (Å²) in [5.74, 6) is -0.275. The summed E-state index contributed by atoms with van der Waals surface area (Å²) in [5, 5.41) is 5.58. The predicted octanol–water partition coefficient (Wildman–Crippen LogP) is 4.43. The second kappa shape index (κ2) is 8.51. The van der Waals surface area contributed by atoms with Gasteiger partial charge >= 0.3 is 0 Å². The first-order valence-corrected chi connectivity index (χ1v) is 11.0. The van der Waals surface area contributed by atoms with Gasteiger partial charge in [-0.05, 0) is 68.4 Å². The van der Waals surface area contributed by atoms with Gasteiger partial charge in [-0.25, -0.2) is 0 Å². The van der Waals surface area contributed by atoms with Crippen LogP contribution in [0.4, 0.5) is 0 Å². The molecule has 1 fully saturated rings. The third-order valence-electron chi connectivity index (χ3n) is 5.80. The van der Waals surface area contributed by atoms with Crippen LogP contribution >= 0.6 is 11.3 Å². The molecule has 3 heterocycles. The van der Waals surface area contributed by atoms with Crippen LogP contribution in [0.1, 0.15) is 51.9 Å². The topological polar surface area (TPSA) is 62.6 Å². The van der Waals surface area contributed by atoms with Crippen LogP contribution in [-0.4, -0.2) is 30.4 Å². The van der Waals surface area contributed by atoms with Gasteiger partial charge in [0.15, 0.2) is 11.2 Å². The highest BCUT2D eigenvalue weighted by atomic mass is 32.1. The number of hydrogen-bond acceptors (Lipinski definition) is 5. The van der Waals surface area contributed by atoms with Gasteiger partial charge in [-0.1, -0.05) is 18.6 Å². The SMILES string of the molecule is Cc1ccc2c(=O)cc(C(=O)NC[C@H](c3cccs3)N3CCCCC3)oc2c1C. The molecule has 1 atom stereocenters. The summed E-state index contributed by atoms with van der Waals surface area (Å²) in [6.45, 7) is 6.45. The zero-order chi connectivity index (χ0) is 20.4. The first-order valence-electron chi connectivity index (χ1n) is 10.1. The first kappa shape index (κ1) is 19.9. The van der Waals surface area contributed by atoms with Crippen LogP contribution in [0.3, 0.4) is 0 Å². The lowest BCUT2D eigenvalue weighted by Crippen LogP contribution is -2.40. The van der Waals surface area contributed by atoms with Crippen LogP contribution in [0, 0.1) is 13.8 Å². The Morgan fingerprint density at radius 2 is 2.00 bits per heavy atom. The van der Waals surface area contributed by atoms with E-state index in [9.17, 15) is 9.59 Å². The summed E-state index contributed by atoms with van der Waals surface area (Å²) in [5.41, 5.74) is 2.22. The lowest BCUT2D eigenvalue weighted by molar-refractivity contribution is 0.0899. The number of hydrogen-bond donors (Lipinski definition) is 1. The van der Waals surface area contributed by atoms with E-state index in [0.29, 0.717) is 17.5 Å². The Bertz CT molecular complexity index is 1070. The van der Waals surface area contributed by atoms with Gasteiger partial charge in [0.1, 0.15) is 5.58 Å². The van der Waals surface area contributed by atoms with Crippen molar-refractivity contribution in [3.8, 4) is 0 Å². The van der Waals surface area contributed by atoms with Gasteiger partial charge in [0.25, 0.3) is 5.91 Å². The lowest BCUT2D eigenvalue weighted by atomic mass is 10.1. The number of carbonyl (C=O) groups excluding carboxylic acids is 1. The fourth-order valence-electron chi connectivity index (χ4n) is 3.96. The third kappa shape index (κ3) is 4.14. The molecule has 0 saturated carbocycles. The highest BCUT2D eigenvalue weighted by molar-refractivity contribution is 7.10. The fourth-order valence-corrected chi connectivity index (χ4v) is 4.82. The Morgan fingerprint density at radius 1 is 1.21 bits per heavy atom. The molecule has 5 nitrogen and oxygen atoms in total. The zero-order valence-electron chi connectivity index (χ0n) is 16.9. The van der Waals surface area contributed by atoms with Crippen molar-refractivity contribution >= 4 is 28.2 Å². The number of nitrogens with zero attached hydrogens (tertiary/aromatic N) is 1. The average Bonchev–Trinajstić information content (AvgIpc) is 3.26. The third-order valence-corrected chi connectivity index (χ3v) is 6.77. The Hall–Kier alpha value is -2.44. The van der Waals surface area contributed by atoms with Gasteiger partial charge in [0.2, 0.25) is 0 Å². The quantitative estimate of drug-likeness (QED) is 0.676. The van der Waals surface area contributed by atoms with E-state index in [-0.39, 0.29) is 23.1 Å². The summed E-state index contributed by atoms with van der Waals surface area (Å²) in [4.78, 5) is 29.0. The molecule has 0 spiro atoms. The van der Waals surface area contributed by atoms with Crippen molar-refractivity contribution in [1.82, 2.24) is 10.2 Å². The number of rotatable bonds is 5.